The molecule has 0 spiro atoms. The van der Waals surface area contributed by atoms with Crippen LogP contribution in [0, 0.1) is 6.92 Å². The van der Waals surface area contributed by atoms with Gasteiger partial charge in [0.15, 0.2) is 0 Å². The number of benzene rings is 2. The van der Waals surface area contributed by atoms with Crippen molar-refractivity contribution in [2.75, 3.05) is 7.05 Å². The lowest BCUT2D eigenvalue weighted by Crippen LogP contribution is -2.24. The Morgan fingerprint density at radius 3 is 2.39 bits per heavy atom. The number of amides is 1. The summed E-state index contributed by atoms with van der Waals surface area (Å²) in [5, 5.41) is 2.93. The summed E-state index contributed by atoms with van der Waals surface area (Å²) >= 11 is 6.01. The fraction of sp³-hybridized carbons (Fsp3) is 0.188. The zero-order chi connectivity index (χ0) is 17.0. The average molecular weight is 353 g/mol. The Hall–Kier alpha value is -1.89. The summed E-state index contributed by atoms with van der Waals surface area (Å²) in [6, 6.07) is 11.7. The Morgan fingerprint density at radius 2 is 1.78 bits per heavy atom. The Kier molecular flexibility index (Phi) is 5.41. The van der Waals surface area contributed by atoms with Crippen molar-refractivity contribution in [2.24, 2.45) is 0 Å². The molecular formula is C16H17ClN2O3S. The summed E-state index contributed by atoms with van der Waals surface area (Å²) in [5.74, 6) is -0.427. The third-order valence-corrected chi connectivity index (χ3v) is 5.08. The molecule has 23 heavy (non-hydrogen) atoms. The molecule has 0 aliphatic heterocycles. The SMILES string of the molecule is CNS(=O)(=O)c1ccc(Cl)c(C(=O)NCc2ccc(C)cc2)c1. The predicted octanol–water partition coefficient (Wildman–Crippen LogP) is 2.49. The van der Waals surface area contributed by atoms with E-state index in [0.29, 0.717) is 6.54 Å². The first-order valence-electron chi connectivity index (χ1n) is 6.90. The molecule has 0 aliphatic rings. The molecular weight excluding hydrogens is 336 g/mol. The van der Waals surface area contributed by atoms with Gasteiger partial charge in [-0.05, 0) is 37.7 Å². The highest BCUT2D eigenvalue weighted by Gasteiger charge is 2.17. The molecule has 0 saturated carbocycles. The molecule has 1 amide bonds. The summed E-state index contributed by atoms with van der Waals surface area (Å²) < 4.78 is 25.8. The Bertz CT molecular complexity index is 818. The molecule has 2 aromatic carbocycles. The molecule has 0 atom stereocenters. The molecule has 0 fully saturated rings. The molecule has 7 heteroatoms. The van der Waals surface area contributed by atoms with E-state index >= 15 is 0 Å². The number of carbonyl (C=O) groups excluding carboxylic acids is 1. The Labute approximate surface area is 140 Å². The molecule has 5 nitrogen and oxygen atoms in total. The van der Waals surface area contributed by atoms with E-state index in [9.17, 15) is 13.2 Å². The van der Waals surface area contributed by atoms with Crippen LogP contribution < -0.4 is 10.0 Å². The molecule has 0 heterocycles. The van der Waals surface area contributed by atoms with Crippen LogP contribution in [0.3, 0.4) is 0 Å². The zero-order valence-corrected chi connectivity index (χ0v) is 14.3. The molecule has 0 radical (unpaired) electrons. The van der Waals surface area contributed by atoms with Gasteiger partial charge < -0.3 is 5.32 Å². The van der Waals surface area contributed by atoms with Crippen LogP contribution in [0.2, 0.25) is 5.02 Å². The lowest BCUT2D eigenvalue weighted by atomic mass is 10.1. The summed E-state index contributed by atoms with van der Waals surface area (Å²) in [6.07, 6.45) is 0. The summed E-state index contributed by atoms with van der Waals surface area (Å²) in [4.78, 5) is 12.3. The van der Waals surface area contributed by atoms with Crippen LogP contribution in [0.4, 0.5) is 0 Å². The van der Waals surface area contributed by atoms with E-state index in [2.05, 4.69) is 10.0 Å². The van der Waals surface area contributed by atoms with Gasteiger partial charge in [-0.3, -0.25) is 4.79 Å². The number of rotatable bonds is 5. The van der Waals surface area contributed by atoms with Crippen LogP contribution >= 0.6 is 11.6 Å². The van der Waals surface area contributed by atoms with Gasteiger partial charge in [-0.2, -0.15) is 0 Å². The van der Waals surface area contributed by atoms with Crippen LogP contribution in [0.15, 0.2) is 47.4 Å². The number of carbonyl (C=O) groups is 1. The van der Waals surface area contributed by atoms with Crippen molar-refractivity contribution in [3.8, 4) is 0 Å². The van der Waals surface area contributed by atoms with E-state index in [1.807, 2.05) is 31.2 Å². The number of sulfonamides is 1. The minimum atomic E-state index is -3.63. The third-order valence-electron chi connectivity index (χ3n) is 3.34. The average Bonchev–Trinajstić information content (AvgIpc) is 2.54. The summed E-state index contributed by atoms with van der Waals surface area (Å²) in [6.45, 7) is 2.31. The quantitative estimate of drug-likeness (QED) is 0.868. The maximum absolute atomic E-state index is 12.3. The van der Waals surface area contributed by atoms with E-state index in [1.165, 1.54) is 25.2 Å². The summed E-state index contributed by atoms with van der Waals surface area (Å²) in [5.41, 5.74) is 2.20. The number of halogens is 1. The zero-order valence-electron chi connectivity index (χ0n) is 12.8. The van der Waals surface area contributed by atoms with Crippen molar-refractivity contribution in [1.82, 2.24) is 10.0 Å². The fourth-order valence-electron chi connectivity index (χ4n) is 1.95. The lowest BCUT2D eigenvalue weighted by molar-refractivity contribution is 0.0951. The van der Waals surface area contributed by atoms with Crippen molar-refractivity contribution < 1.29 is 13.2 Å². The number of aryl methyl sites for hydroxylation is 1. The van der Waals surface area contributed by atoms with E-state index in [1.54, 1.807) is 0 Å². The maximum Gasteiger partial charge on any atom is 0.253 e. The largest absolute Gasteiger partial charge is 0.348 e. The standard InChI is InChI=1S/C16H17ClN2O3S/c1-11-3-5-12(6-4-11)10-19-16(20)14-9-13(7-8-15(14)17)23(21,22)18-2/h3-9,18H,10H2,1-2H3,(H,19,20). The van der Waals surface area contributed by atoms with Crippen LogP contribution in [0.5, 0.6) is 0 Å². The molecule has 0 aliphatic carbocycles. The van der Waals surface area contributed by atoms with Crippen LogP contribution in [0.1, 0.15) is 21.5 Å². The van der Waals surface area contributed by atoms with Crippen molar-refractivity contribution in [2.45, 2.75) is 18.4 Å². The van der Waals surface area contributed by atoms with E-state index in [4.69, 9.17) is 11.6 Å². The molecule has 0 bridgehead atoms. The molecule has 0 saturated heterocycles. The van der Waals surface area contributed by atoms with Gasteiger partial charge in [0.05, 0.1) is 15.5 Å². The highest BCUT2D eigenvalue weighted by atomic mass is 35.5. The monoisotopic (exact) mass is 352 g/mol. The highest BCUT2D eigenvalue weighted by molar-refractivity contribution is 7.89. The summed E-state index contributed by atoms with van der Waals surface area (Å²) in [7, 11) is -2.32. The molecule has 122 valence electrons. The number of hydrogen-bond donors (Lipinski definition) is 2. The van der Waals surface area contributed by atoms with E-state index in [-0.39, 0.29) is 15.5 Å². The van der Waals surface area contributed by atoms with Crippen LogP contribution in [-0.2, 0) is 16.6 Å². The van der Waals surface area contributed by atoms with Crippen molar-refractivity contribution in [3.05, 3.63) is 64.2 Å². The van der Waals surface area contributed by atoms with E-state index < -0.39 is 15.9 Å². The first-order chi connectivity index (χ1) is 10.8. The highest BCUT2D eigenvalue weighted by Crippen LogP contribution is 2.20. The fourth-order valence-corrected chi connectivity index (χ4v) is 2.91. The molecule has 2 rings (SSSR count). The minimum Gasteiger partial charge on any atom is -0.348 e. The second kappa shape index (κ2) is 7.12. The van der Waals surface area contributed by atoms with Crippen molar-refractivity contribution in [3.63, 3.8) is 0 Å². The van der Waals surface area contributed by atoms with Gasteiger partial charge in [0.2, 0.25) is 10.0 Å². The number of nitrogens with one attached hydrogen (secondary N) is 2. The van der Waals surface area contributed by atoms with Gasteiger partial charge >= 0.3 is 0 Å². The lowest BCUT2D eigenvalue weighted by Gasteiger charge is -2.09. The third kappa shape index (κ3) is 4.31. The number of hydrogen-bond acceptors (Lipinski definition) is 3. The molecule has 0 unspecified atom stereocenters. The second-order valence-electron chi connectivity index (χ2n) is 5.02. The van der Waals surface area contributed by atoms with Gasteiger partial charge in [-0.25, -0.2) is 13.1 Å². The van der Waals surface area contributed by atoms with Gasteiger partial charge in [-0.1, -0.05) is 41.4 Å². The predicted molar refractivity (Wildman–Crippen MR) is 90.0 cm³/mol. The normalized spacial score (nSPS) is 11.3. The van der Waals surface area contributed by atoms with Crippen molar-refractivity contribution in [1.29, 1.82) is 0 Å². The first kappa shape index (κ1) is 17.5. The molecule has 0 aromatic heterocycles. The van der Waals surface area contributed by atoms with Gasteiger partial charge in [0, 0.05) is 6.54 Å². The van der Waals surface area contributed by atoms with Gasteiger partial charge in [0.25, 0.3) is 5.91 Å². The molecule has 2 N–H and O–H groups in total. The maximum atomic E-state index is 12.3. The van der Waals surface area contributed by atoms with Crippen molar-refractivity contribution >= 4 is 27.5 Å². The van der Waals surface area contributed by atoms with Crippen LogP contribution in [0.25, 0.3) is 0 Å². The Balaban J connectivity index is 2.18. The van der Waals surface area contributed by atoms with E-state index in [0.717, 1.165) is 11.1 Å². The van der Waals surface area contributed by atoms with Gasteiger partial charge in [-0.15, -0.1) is 0 Å². The topological polar surface area (TPSA) is 75.3 Å². The van der Waals surface area contributed by atoms with Gasteiger partial charge in [0.1, 0.15) is 0 Å². The first-order valence-corrected chi connectivity index (χ1v) is 8.76. The van der Waals surface area contributed by atoms with Crippen LogP contribution in [-0.4, -0.2) is 21.4 Å². The Morgan fingerprint density at radius 1 is 1.13 bits per heavy atom. The smallest absolute Gasteiger partial charge is 0.253 e. The minimum absolute atomic E-state index is 0.00936. The second-order valence-corrected chi connectivity index (χ2v) is 7.31. The molecule has 2 aromatic rings.